The third-order valence-corrected chi connectivity index (χ3v) is 5.40. The topological polar surface area (TPSA) is 130 Å². The first-order valence-electron chi connectivity index (χ1n) is 10.3. The Hall–Kier alpha value is -3.38. The zero-order valence-corrected chi connectivity index (χ0v) is 18.5. The van der Waals surface area contributed by atoms with E-state index in [1.54, 1.807) is 27.9 Å². The molecule has 0 aliphatic carbocycles. The van der Waals surface area contributed by atoms with Crippen molar-refractivity contribution in [2.24, 2.45) is 0 Å². The molecule has 4 rings (SSSR count). The molecule has 2 unspecified atom stereocenters. The van der Waals surface area contributed by atoms with Crippen LogP contribution in [-0.2, 0) is 19.3 Å². The molecule has 0 saturated carbocycles. The predicted molar refractivity (Wildman–Crippen MR) is 107 cm³/mol. The minimum Gasteiger partial charge on any atom is -0.339 e. The fourth-order valence-electron chi connectivity index (χ4n) is 3.85. The summed E-state index contributed by atoms with van der Waals surface area (Å²) in [6.07, 6.45) is 5.22. The fraction of sp³-hybridized carbons (Fsp3) is 0.500. The average molecular weight is 446 g/mol. The molecule has 0 N–H and O–H groups in total. The Morgan fingerprint density at radius 2 is 1.22 bits per heavy atom. The number of aromatic nitrogens is 4. The van der Waals surface area contributed by atoms with E-state index in [2.05, 4.69) is 20.3 Å². The van der Waals surface area contributed by atoms with Crippen LogP contribution in [0.1, 0.15) is 36.3 Å². The van der Waals surface area contributed by atoms with Crippen LogP contribution >= 0.6 is 0 Å². The van der Waals surface area contributed by atoms with Crippen molar-refractivity contribution in [3.8, 4) is 0 Å². The Kier molecular flexibility index (Phi) is 5.65. The summed E-state index contributed by atoms with van der Waals surface area (Å²) in [6, 6.07) is 0. The highest BCUT2D eigenvalue weighted by Crippen LogP contribution is 2.26. The van der Waals surface area contributed by atoms with Crippen LogP contribution in [0.3, 0.4) is 0 Å². The number of hydroxylamine groups is 6. The number of hydrogen-bond acceptors (Lipinski definition) is 10. The third kappa shape index (κ3) is 4.75. The lowest BCUT2D eigenvalue weighted by atomic mass is 10.1. The molecule has 32 heavy (non-hydrogen) atoms. The molecule has 2 aromatic rings. The number of nitrogens with zero attached hydrogens (tertiary/aromatic N) is 6. The van der Waals surface area contributed by atoms with Gasteiger partial charge in [-0.05, 0) is 0 Å². The van der Waals surface area contributed by atoms with Gasteiger partial charge in [0.15, 0.2) is 0 Å². The van der Waals surface area contributed by atoms with Gasteiger partial charge in [0.1, 0.15) is 40.3 Å². The van der Waals surface area contributed by atoms with E-state index in [0.29, 0.717) is 62.5 Å². The predicted octanol–water partition coefficient (Wildman–Crippen LogP) is 1.15. The van der Waals surface area contributed by atoms with Crippen LogP contribution in [0.5, 0.6) is 0 Å². The lowest BCUT2D eigenvalue weighted by molar-refractivity contribution is -1.07. The minimum absolute atomic E-state index is 0.121. The summed E-state index contributed by atoms with van der Waals surface area (Å²) in [4.78, 5) is 44.7. The van der Waals surface area contributed by atoms with E-state index in [1.807, 2.05) is 12.2 Å². The average Bonchev–Trinajstić information content (AvgIpc) is 3.36. The summed E-state index contributed by atoms with van der Waals surface area (Å²) in [5, 5.41) is 7.84. The van der Waals surface area contributed by atoms with Crippen LogP contribution in [0.15, 0.2) is 21.2 Å². The molecule has 0 aromatic carbocycles. The molecule has 12 heteroatoms. The SMILES string of the molecule is Cc1nc(C2=CCC[N+](C)(OC(=O)C(=O)O[N+]3(C)CCC=C(c4noc(C)n4)C3)C2)no1. The van der Waals surface area contributed by atoms with Crippen LogP contribution in [0, 0.1) is 13.8 Å². The van der Waals surface area contributed by atoms with E-state index in [0.717, 1.165) is 11.1 Å². The zero-order valence-electron chi connectivity index (χ0n) is 18.5. The van der Waals surface area contributed by atoms with Crippen LogP contribution in [0.4, 0.5) is 0 Å². The van der Waals surface area contributed by atoms with Gasteiger partial charge in [-0.15, -0.1) is 9.29 Å². The second-order valence-electron chi connectivity index (χ2n) is 8.42. The monoisotopic (exact) mass is 446 g/mol. The van der Waals surface area contributed by atoms with Gasteiger partial charge in [0, 0.05) is 26.7 Å². The molecule has 0 saturated heterocycles. The number of carbonyl (C=O) groups excluding carboxylic acids is 2. The number of likely N-dealkylation sites (N-methyl/N-ethyl adjacent to an activating group) is 2. The zero-order chi connectivity index (χ0) is 22.9. The van der Waals surface area contributed by atoms with Crippen LogP contribution in [0.25, 0.3) is 11.1 Å². The minimum atomic E-state index is -1.05. The first-order chi connectivity index (χ1) is 15.1. The third-order valence-electron chi connectivity index (χ3n) is 5.40. The van der Waals surface area contributed by atoms with E-state index in [-0.39, 0.29) is 9.29 Å². The quantitative estimate of drug-likeness (QED) is 0.498. The van der Waals surface area contributed by atoms with Gasteiger partial charge in [0.25, 0.3) is 0 Å². The molecule has 2 atom stereocenters. The Labute approximate surface area is 184 Å². The van der Waals surface area contributed by atoms with E-state index < -0.39 is 11.9 Å². The van der Waals surface area contributed by atoms with Crippen molar-refractivity contribution in [3.63, 3.8) is 0 Å². The summed E-state index contributed by atoms with van der Waals surface area (Å²) in [5.74, 6) is -0.304. The molecule has 0 fully saturated rings. The number of carbonyl (C=O) groups is 2. The van der Waals surface area contributed by atoms with Crippen molar-refractivity contribution in [3.05, 3.63) is 35.6 Å². The molecule has 170 valence electrons. The molecule has 0 spiro atoms. The second kappa shape index (κ2) is 8.28. The van der Waals surface area contributed by atoms with E-state index in [1.165, 1.54) is 0 Å². The van der Waals surface area contributed by atoms with Crippen molar-refractivity contribution in [2.75, 3.05) is 40.3 Å². The molecule has 2 aromatic heterocycles. The van der Waals surface area contributed by atoms with Crippen LogP contribution in [-0.4, -0.2) is 81.8 Å². The number of hydrogen-bond donors (Lipinski definition) is 0. The van der Waals surface area contributed by atoms with Gasteiger partial charge in [-0.3, -0.25) is 9.68 Å². The summed E-state index contributed by atoms with van der Waals surface area (Å²) in [7, 11) is 3.45. The number of quaternary nitrogens is 2. The first-order valence-corrected chi connectivity index (χ1v) is 10.3. The highest BCUT2D eigenvalue weighted by atomic mass is 16.8. The maximum absolute atomic E-state index is 12.6. The van der Waals surface area contributed by atoms with Crippen molar-refractivity contribution >= 4 is 23.1 Å². The second-order valence-corrected chi connectivity index (χ2v) is 8.42. The Morgan fingerprint density at radius 1 is 0.812 bits per heavy atom. The van der Waals surface area contributed by atoms with E-state index in [4.69, 9.17) is 18.7 Å². The maximum atomic E-state index is 12.6. The van der Waals surface area contributed by atoms with Crippen LogP contribution in [0.2, 0.25) is 0 Å². The highest BCUT2D eigenvalue weighted by Gasteiger charge is 2.41. The van der Waals surface area contributed by atoms with Gasteiger partial charge < -0.3 is 9.05 Å². The Balaban J connectivity index is 1.38. The number of aryl methyl sites for hydroxylation is 2. The molecule has 12 nitrogen and oxygen atoms in total. The molecule has 0 amide bonds. The Bertz CT molecular complexity index is 1020. The van der Waals surface area contributed by atoms with Crippen molar-refractivity contribution in [2.45, 2.75) is 26.7 Å². The normalized spacial score (nSPS) is 25.6. The smallest absolute Gasteiger partial charge is 0.339 e. The fourth-order valence-corrected chi connectivity index (χ4v) is 3.85. The number of rotatable bonds is 4. The maximum Gasteiger partial charge on any atom is 0.480 e. The molecule has 0 bridgehead atoms. The lowest BCUT2D eigenvalue weighted by Crippen LogP contribution is -2.53. The van der Waals surface area contributed by atoms with Gasteiger partial charge in [-0.1, -0.05) is 22.5 Å². The highest BCUT2D eigenvalue weighted by molar-refractivity contribution is 6.29. The standard InChI is InChI=1S/C20H26N6O6/c1-13-21-17(23-29-13)15-7-5-9-25(3,11-15)31-19(27)20(28)32-26(4)10-6-8-16(12-26)18-22-14(2)30-24-18/h7-8H,5-6,9-12H2,1-4H3/q+2. The molecule has 0 radical (unpaired) electrons. The van der Waals surface area contributed by atoms with Gasteiger partial charge in [-0.2, -0.15) is 9.97 Å². The van der Waals surface area contributed by atoms with Crippen LogP contribution < -0.4 is 0 Å². The molecule has 4 heterocycles. The van der Waals surface area contributed by atoms with E-state index >= 15 is 0 Å². The lowest BCUT2D eigenvalue weighted by Gasteiger charge is -2.34. The van der Waals surface area contributed by atoms with Gasteiger partial charge in [0.2, 0.25) is 23.4 Å². The summed E-state index contributed by atoms with van der Waals surface area (Å²) >= 11 is 0. The summed E-state index contributed by atoms with van der Waals surface area (Å²) in [6.45, 7) is 5.05. The van der Waals surface area contributed by atoms with Crippen molar-refractivity contribution < 1.29 is 37.6 Å². The van der Waals surface area contributed by atoms with Gasteiger partial charge in [0.05, 0.1) is 11.1 Å². The molecular formula is C20H26N6O6+2. The molecular weight excluding hydrogens is 420 g/mol. The molecule has 2 aliphatic heterocycles. The van der Waals surface area contributed by atoms with E-state index in [9.17, 15) is 9.59 Å². The molecule has 2 aliphatic rings. The largest absolute Gasteiger partial charge is 0.480 e. The van der Waals surface area contributed by atoms with Crippen molar-refractivity contribution in [1.82, 2.24) is 20.3 Å². The van der Waals surface area contributed by atoms with Gasteiger partial charge in [-0.25, -0.2) is 9.59 Å². The van der Waals surface area contributed by atoms with Gasteiger partial charge >= 0.3 is 11.9 Å². The summed E-state index contributed by atoms with van der Waals surface area (Å²) in [5.41, 5.74) is 1.58. The van der Waals surface area contributed by atoms with Crippen molar-refractivity contribution in [1.29, 1.82) is 0 Å². The summed E-state index contributed by atoms with van der Waals surface area (Å²) < 4.78 is 9.82. The first kappa shape index (κ1) is 21.8. The Morgan fingerprint density at radius 3 is 1.56 bits per heavy atom.